The summed E-state index contributed by atoms with van der Waals surface area (Å²) in [6.45, 7) is 1.86. The Bertz CT molecular complexity index is 1330. The number of para-hydroxylation sites is 1. The lowest BCUT2D eigenvalue weighted by Gasteiger charge is -2.00. The predicted octanol–water partition coefficient (Wildman–Crippen LogP) is 5.42. The molecule has 1 N–H and O–H groups in total. The smallest absolute Gasteiger partial charge is 0.294 e. The molecule has 0 bridgehead atoms. The Hall–Kier alpha value is -3.16. The van der Waals surface area contributed by atoms with Gasteiger partial charge in [-0.15, -0.1) is 16.4 Å². The average molecular weight is 409 g/mol. The van der Waals surface area contributed by atoms with Crippen LogP contribution in [0.25, 0.3) is 27.2 Å². The summed E-state index contributed by atoms with van der Waals surface area (Å²) in [6, 6.07) is 15.0. The molecule has 0 fully saturated rings. The second-order valence-electron chi connectivity index (χ2n) is 6.26. The third-order valence-corrected chi connectivity index (χ3v) is 5.56. The standard InChI is InChI=1S/C20H13ClN4O2S/c1-11-14-4-2-3-5-16(14)27-17(11)18(26)22-19-23-20-25(24-19)15(10-28-20)12-6-8-13(21)9-7-12/h2-10H,1H3,(H,22,24,26). The van der Waals surface area contributed by atoms with E-state index in [4.69, 9.17) is 16.0 Å². The zero-order valence-corrected chi connectivity index (χ0v) is 16.2. The van der Waals surface area contributed by atoms with Crippen LogP contribution in [0, 0.1) is 6.92 Å². The molecular formula is C20H13ClN4O2S. The van der Waals surface area contributed by atoms with E-state index >= 15 is 0 Å². The van der Waals surface area contributed by atoms with Crippen molar-refractivity contribution in [3.8, 4) is 11.3 Å². The summed E-state index contributed by atoms with van der Waals surface area (Å²) in [5.41, 5.74) is 3.31. The molecule has 2 aromatic carbocycles. The number of fused-ring (bicyclic) bond motifs is 2. The van der Waals surface area contributed by atoms with Crippen molar-refractivity contribution in [1.29, 1.82) is 0 Å². The summed E-state index contributed by atoms with van der Waals surface area (Å²) in [5, 5.41) is 10.7. The first-order valence-corrected chi connectivity index (χ1v) is 9.75. The lowest BCUT2D eigenvalue weighted by Crippen LogP contribution is -2.13. The number of hydrogen-bond donors (Lipinski definition) is 1. The Labute approximate surface area is 168 Å². The number of benzene rings is 2. The molecule has 0 atom stereocenters. The Morgan fingerprint density at radius 1 is 1.18 bits per heavy atom. The summed E-state index contributed by atoms with van der Waals surface area (Å²) in [5.74, 6) is 0.115. The van der Waals surface area contributed by atoms with Crippen LogP contribution < -0.4 is 5.32 Å². The van der Waals surface area contributed by atoms with Crippen LogP contribution in [-0.2, 0) is 0 Å². The van der Waals surface area contributed by atoms with Crippen LogP contribution in [0.2, 0.25) is 5.02 Å². The van der Waals surface area contributed by atoms with Gasteiger partial charge in [-0.2, -0.15) is 4.98 Å². The summed E-state index contributed by atoms with van der Waals surface area (Å²) in [7, 11) is 0. The van der Waals surface area contributed by atoms with E-state index in [0.29, 0.717) is 15.6 Å². The topological polar surface area (TPSA) is 72.4 Å². The van der Waals surface area contributed by atoms with Gasteiger partial charge in [-0.25, -0.2) is 4.52 Å². The molecule has 0 unspecified atom stereocenters. The summed E-state index contributed by atoms with van der Waals surface area (Å²) in [4.78, 5) is 17.8. The molecule has 3 heterocycles. The highest BCUT2D eigenvalue weighted by Crippen LogP contribution is 2.28. The van der Waals surface area contributed by atoms with Crippen LogP contribution in [0.5, 0.6) is 0 Å². The van der Waals surface area contributed by atoms with Crippen LogP contribution in [-0.4, -0.2) is 20.5 Å². The number of carbonyl (C=O) groups is 1. The van der Waals surface area contributed by atoms with Crippen molar-refractivity contribution in [3.05, 3.63) is 70.3 Å². The molecule has 1 amide bonds. The maximum absolute atomic E-state index is 12.7. The van der Waals surface area contributed by atoms with Crippen LogP contribution in [0.3, 0.4) is 0 Å². The van der Waals surface area contributed by atoms with Gasteiger partial charge in [0.05, 0.1) is 5.69 Å². The number of rotatable bonds is 3. The second-order valence-corrected chi connectivity index (χ2v) is 7.54. The minimum absolute atomic E-state index is 0.229. The van der Waals surface area contributed by atoms with E-state index in [1.54, 1.807) is 4.52 Å². The average Bonchev–Trinajstić information content (AvgIpc) is 3.36. The number of carbonyl (C=O) groups excluding carboxylic acids is 1. The number of halogens is 1. The minimum atomic E-state index is -0.375. The second kappa shape index (κ2) is 6.47. The van der Waals surface area contributed by atoms with E-state index in [0.717, 1.165) is 22.2 Å². The maximum atomic E-state index is 12.7. The van der Waals surface area contributed by atoms with Crippen molar-refractivity contribution in [1.82, 2.24) is 14.6 Å². The van der Waals surface area contributed by atoms with E-state index in [1.807, 2.05) is 60.8 Å². The molecular weight excluding hydrogens is 396 g/mol. The molecule has 138 valence electrons. The lowest BCUT2D eigenvalue weighted by atomic mass is 10.1. The number of nitrogens with one attached hydrogen (secondary N) is 1. The van der Waals surface area contributed by atoms with Gasteiger partial charge in [-0.1, -0.05) is 41.9 Å². The van der Waals surface area contributed by atoms with Gasteiger partial charge in [0.25, 0.3) is 11.9 Å². The van der Waals surface area contributed by atoms with Crippen molar-refractivity contribution in [2.45, 2.75) is 6.92 Å². The van der Waals surface area contributed by atoms with Gasteiger partial charge in [0, 0.05) is 26.9 Å². The fourth-order valence-corrected chi connectivity index (χ4v) is 4.06. The summed E-state index contributed by atoms with van der Waals surface area (Å²) in [6.07, 6.45) is 0. The molecule has 5 rings (SSSR count). The molecule has 0 saturated heterocycles. The van der Waals surface area contributed by atoms with Crippen molar-refractivity contribution in [3.63, 3.8) is 0 Å². The molecule has 0 aliphatic carbocycles. The normalized spacial score (nSPS) is 11.4. The third kappa shape index (κ3) is 2.76. The number of furan rings is 1. The number of aryl methyl sites for hydroxylation is 1. The highest BCUT2D eigenvalue weighted by Gasteiger charge is 2.20. The van der Waals surface area contributed by atoms with Gasteiger partial charge in [-0.05, 0) is 25.1 Å². The zero-order valence-electron chi connectivity index (χ0n) is 14.6. The number of anilines is 1. The van der Waals surface area contributed by atoms with Gasteiger partial charge in [0.2, 0.25) is 4.96 Å². The maximum Gasteiger partial charge on any atom is 0.294 e. The summed E-state index contributed by atoms with van der Waals surface area (Å²) < 4.78 is 7.41. The van der Waals surface area contributed by atoms with Gasteiger partial charge in [0.15, 0.2) is 5.76 Å². The van der Waals surface area contributed by atoms with E-state index in [2.05, 4.69) is 15.4 Å². The molecule has 3 aromatic heterocycles. The molecule has 28 heavy (non-hydrogen) atoms. The highest BCUT2D eigenvalue weighted by atomic mass is 35.5. The first-order valence-electron chi connectivity index (χ1n) is 8.50. The van der Waals surface area contributed by atoms with Crippen molar-refractivity contribution in [2.75, 3.05) is 5.32 Å². The number of thiazole rings is 1. The predicted molar refractivity (Wildman–Crippen MR) is 110 cm³/mol. The Balaban J connectivity index is 1.47. The van der Waals surface area contributed by atoms with E-state index < -0.39 is 0 Å². The number of amides is 1. The fourth-order valence-electron chi connectivity index (χ4n) is 3.10. The molecule has 0 spiro atoms. The van der Waals surface area contributed by atoms with Gasteiger partial charge in [-0.3, -0.25) is 10.1 Å². The Morgan fingerprint density at radius 2 is 1.96 bits per heavy atom. The first kappa shape index (κ1) is 17.0. The Kier molecular flexibility index (Phi) is 3.92. The molecule has 0 aliphatic heterocycles. The largest absolute Gasteiger partial charge is 0.451 e. The zero-order chi connectivity index (χ0) is 19.3. The van der Waals surface area contributed by atoms with Crippen LogP contribution in [0.4, 0.5) is 5.95 Å². The number of nitrogens with zero attached hydrogens (tertiary/aromatic N) is 3. The SMILES string of the molecule is Cc1c(C(=O)Nc2nc3scc(-c4ccc(Cl)cc4)n3n2)oc2ccccc12. The van der Waals surface area contributed by atoms with E-state index in [9.17, 15) is 4.79 Å². The van der Waals surface area contributed by atoms with Gasteiger partial charge in [0.1, 0.15) is 5.58 Å². The van der Waals surface area contributed by atoms with Crippen LogP contribution in [0.1, 0.15) is 16.1 Å². The quantitative estimate of drug-likeness (QED) is 0.432. The molecule has 8 heteroatoms. The van der Waals surface area contributed by atoms with Crippen LogP contribution >= 0.6 is 22.9 Å². The van der Waals surface area contributed by atoms with Crippen LogP contribution in [0.15, 0.2) is 58.3 Å². The molecule has 0 saturated carbocycles. The van der Waals surface area contributed by atoms with Crippen molar-refractivity contribution < 1.29 is 9.21 Å². The lowest BCUT2D eigenvalue weighted by molar-refractivity contribution is 0.0997. The number of aromatic nitrogens is 3. The summed E-state index contributed by atoms with van der Waals surface area (Å²) >= 11 is 7.41. The monoisotopic (exact) mass is 408 g/mol. The highest BCUT2D eigenvalue weighted by molar-refractivity contribution is 7.15. The van der Waals surface area contributed by atoms with E-state index in [1.165, 1.54) is 11.3 Å². The third-order valence-electron chi connectivity index (χ3n) is 4.50. The molecule has 0 aliphatic rings. The first-order chi connectivity index (χ1) is 13.6. The molecule has 0 radical (unpaired) electrons. The molecule has 5 aromatic rings. The molecule has 6 nitrogen and oxygen atoms in total. The van der Waals surface area contributed by atoms with Crippen molar-refractivity contribution in [2.24, 2.45) is 0 Å². The fraction of sp³-hybridized carbons (Fsp3) is 0.0500. The van der Waals surface area contributed by atoms with E-state index in [-0.39, 0.29) is 17.6 Å². The minimum Gasteiger partial charge on any atom is -0.451 e. The Morgan fingerprint density at radius 3 is 2.75 bits per heavy atom. The van der Waals surface area contributed by atoms with Gasteiger partial charge < -0.3 is 4.42 Å². The van der Waals surface area contributed by atoms with Gasteiger partial charge >= 0.3 is 0 Å². The number of hydrogen-bond acceptors (Lipinski definition) is 5. The van der Waals surface area contributed by atoms with Crippen molar-refractivity contribution >= 4 is 50.7 Å².